The van der Waals surface area contributed by atoms with E-state index in [1.807, 2.05) is 0 Å². The van der Waals surface area contributed by atoms with Gasteiger partial charge in [0.05, 0.1) is 22.2 Å². The molecule has 1 aromatic heterocycles. The zero-order valence-electron chi connectivity index (χ0n) is 13.3. The summed E-state index contributed by atoms with van der Waals surface area (Å²) < 4.78 is 19.4. The maximum atomic E-state index is 13.3. The minimum atomic E-state index is -1.27. The number of tetrazole rings is 1. The van der Waals surface area contributed by atoms with E-state index in [2.05, 4.69) is 15.5 Å². The van der Waals surface area contributed by atoms with Crippen molar-refractivity contribution in [2.24, 2.45) is 17.8 Å². The largest absolute Gasteiger partial charge is 0.465 e. The highest BCUT2D eigenvalue weighted by molar-refractivity contribution is 7.86. The van der Waals surface area contributed by atoms with Crippen molar-refractivity contribution in [3.63, 3.8) is 0 Å². The van der Waals surface area contributed by atoms with Crippen molar-refractivity contribution in [2.45, 2.75) is 61.9 Å². The van der Waals surface area contributed by atoms with Gasteiger partial charge in [-0.1, -0.05) is 5.10 Å². The van der Waals surface area contributed by atoms with Crippen LogP contribution in [-0.4, -0.2) is 41.7 Å². The Kier molecular flexibility index (Phi) is 3.74. The number of rotatable bonds is 5. The second-order valence-electron chi connectivity index (χ2n) is 7.29. The van der Waals surface area contributed by atoms with Gasteiger partial charge in [0.1, 0.15) is 6.54 Å². The Bertz CT molecular complexity index is 609. The average Bonchev–Trinajstić information content (AvgIpc) is 2.93. The summed E-state index contributed by atoms with van der Waals surface area (Å²) in [6.07, 6.45) is 6.92. The third-order valence-electron chi connectivity index (χ3n) is 5.62. The number of carbonyl (C=O) groups is 1. The van der Waals surface area contributed by atoms with Crippen LogP contribution in [0.2, 0.25) is 0 Å². The maximum Gasteiger partial charge on any atom is 0.327 e. The molecule has 7 nitrogen and oxygen atoms in total. The molecular weight excluding hydrogens is 316 g/mol. The molecule has 4 fully saturated rings. The summed E-state index contributed by atoms with van der Waals surface area (Å²) in [6, 6.07) is 0. The Labute approximate surface area is 137 Å². The fourth-order valence-electron chi connectivity index (χ4n) is 5.21. The van der Waals surface area contributed by atoms with Crippen LogP contribution in [0, 0.1) is 17.8 Å². The van der Waals surface area contributed by atoms with E-state index in [4.69, 9.17) is 4.74 Å². The summed E-state index contributed by atoms with van der Waals surface area (Å²) in [4.78, 5) is 11.7. The van der Waals surface area contributed by atoms with Crippen molar-refractivity contribution in [1.82, 2.24) is 20.2 Å². The van der Waals surface area contributed by atoms with Gasteiger partial charge in [-0.15, -0.1) is 0 Å². The first-order valence-electron chi connectivity index (χ1n) is 8.43. The number of esters is 1. The molecule has 126 valence electrons. The molecule has 0 spiro atoms. The summed E-state index contributed by atoms with van der Waals surface area (Å²) >= 11 is 0. The summed E-state index contributed by atoms with van der Waals surface area (Å²) in [5, 5.41) is 11.8. The Morgan fingerprint density at radius 3 is 2.43 bits per heavy atom. The fraction of sp³-hybridized carbons (Fsp3) is 0.867. The molecule has 4 aliphatic carbocycles. The zero-order valence-corrected chi connectivity index (χ0v) is 14.1. The summed E-state index contributed by atoms with van der Waals surface area (Å²) in [7, 11) is -1.27. The summed E-state index contributed by atoms with van der Waals surface area (Å²) in [6.45, 7) is 1.99. The van der Waals surface area contributed by atoms with E-state index >= 15 is 0 Å². The number of hydrogen-bond donors (Lipinski definition) is 0. The lowest BCUT2D eigenvalue weighted by atomic mass is 9.56. The van der Waals surface area contributed by atoms with Gasteiger partial charge in [0.25, 0.3) is 0 Å². The molecule has 4 bridgehead atoms. The molecule has 4 saturated carbocycles. The standard InChI is InChI=1S/C15H22N4O3S/c1-2-22-13(20)9-19-14(16-17-18-19)23(21)15-6-10-3-11(7-15)5-12(4-10)8-15/h10-12H,2-9H2,1H3. The van der Waals surface area contributed by atoms with E-state index in [1.54, 1.807) is 6.92 Å². The van der Waals surface area contributed by atoms with E-state index in [0.29, 0.717) is 29.5 Å². The lowest BCUT2D eigenvalue weighted by Gasteiger charge is -2.55. The second kappa shape index (κ2) is 5.65. The molecule has 23 heavy (non-hydrogen) atoms. The van der Waals surface area contributed by atoms with Crippen LogP contribution >= 0.6 is 0 Å². The molecule has 1 atom stereocenters. The monoisotopic (exact) mass is 338 g/mol. The number of aromatic nitrogens is 4. The molecule has 8 heteroatoms. The molecule has 0 saturated heterocycles. The van der Waals surface area contributed by atoms with Crippen molar-refractivity contribution < 1.29 is 13.7 Å². The normalized spacial score (nSPS) is 36.1. The van der Waals surface area contributed by atoms with Gasteiger partial charge < -0.3 is 4.74 Å². The summed E-state index contributed by atoms with van der Waals surface area (Å²) in [5.74, 6) is 1.72. The van der Waals surface area contributed by atoms with Gasteiger partial charge in [0.15, 0.2) is 0 Å². The molecule has 0 amide bonds. The van der Waals surface area contributed by atoms with Gasteiger partial charge in [-0.05, 0) is 73.6 Å². The van der Waals surface area contributed by atoms with E-state index < -0.39 is 16.8 Å². The smallest absolute Gasteiger partial charge is 0.327 e. The van der Waals surface area contributed by atoms with Crippen LogP contribution in [0.25, 0.3) is 0 Å². The minimum absolute atomic E-state index is 0.0751. The highest BCUT2D eigenvalue weighted by Crippen LogP contribution is 2.58. The first-order chi connectivity index (χ1) is 11.1. The van der Waals surface area contributed by atoms with Crippen LogP contribution in [0.4, 0.5) is 0 Å². The predicted octanol–water partition coefficient (Wildman–Crippen LogP) is 1.31. The van der Waals surface area contributed by atoms with E-state index in [1.165, 1.54) is 23.9 Å². The van der Waals surface area contributed by atoms with Crippen molar-refractivity contribution in [2.75, 3.05) is 6.61 Å². The minimum Gasteiger partial charge on any atom is -0.465 e. The van der Waals surface area contributed by atoms with E-state index in [0.717, 1.165) is 19.3 Å². The van der Waals surface area contributed by atoms with Gasteiger partial charge in [-0.3, -0.25) is 9.00 Å². The molecule has 0 aromatic carbocycles. The lowest BCUT2D eigenvalue weighted by molar-refractivity contribution is -0.144. The molecule has 1 aromatic rings. The van der Waals surface area contributed by atoms with Crippen molar-refractivity contribution >= 4 is 16.8 Å². The Morgan fingerprint density at radius 2 is 1.87 bits per heavy atom. The Hall–Kier alpha value is -1.31. The van der Waals surface area contributed by atoms with Crippen LogP contribution in [0.15, 0.2) is 5.16 Å². The van der Waals surface area contributed by atoms with Gasteiger partial charge in [0, 0.05) is 0 Å². The van der Waals surface area contributed by atoms with Crippen molar-refractivity contribution in [1.29, 1.82) is 0 Å². The molecule has 1 unspecified atom stereocenters. The topological polar surface area (TPSA) is 87.0 Å². The number of nitrogens with zero attached hydrogens (tertiary/aromatic N) is 4. The highest BCUT2D eigenvalue weighted by Gasteiger charge is 2.55. The second-order valence-corrected chi connectivity index (χ2v) is 9.06. The molecule has 1 heterocycles. The SMILES string of the molecule is CCOC(=O)Cn1nnnc1S(=O)C12CC3CC(CC(C3)C1)C2. The highest BCUT2D eigenvalue weighted by atomic mass is 32.2. The first kappa shape index (κ1) is 15.2. The van der Waals surface area contributed by atoms with Crippen LogP contribution in [0.3, 0.4) is 0 Å². The molecule has 0 radical (unpaired) electrons. The van der Waals surface area contributed by atoms with Crippen molar-refractivity contribution in [3.8, 4) is 0 Å². The molecule has 5 rings (SSSR count). The van der Waals surface area contributed by atoms with Gasteiger partial charge in [-0.25, -0.2) is 4.68 Å². The first-order valence-corrected chi connectivity index (χ1v) is 9.58. The lowest BCUT2D eigenvalue weighted by Crippen LogP contribution is -2.53. The van der Waals surface area contributed by atoms with Gasteiger partial charge >= 0.3 is 5.97 Å². The predicted molar refractivity (Wildman–Crippen MR) is 81.8 cm³/mol. The van der Waals surface area contributed by atoms with E-state index in [9.17, 15) is 9.00 Å². The molecular formula is C15H22N4O3S. The third kappa shape index (κ3) is 2.60. The fourth-order valence-corrected chi connectivity index (χ4v) is 7.16. The van der Waals surface area contributed by atoms with E-state index in [-0.39, 0.29) is 11.3 Å². The zero-order chi connectivity index (χ0) is 16.0. The molecule has 0 aliphatic heterocycles. The van der Waals surface area contributed by atoms with Crippen LogP contribution in [-0.2, 0) is 26.9 Å². The third-order valence-corrected chi connectivity index (χ3v) is 7.54. The van der Waals surface area contributed by atoms with Crippen molar-refractivity contribution in [3.05, 3.63) is 0 Å². The van der Waals surface area contributed by atoms with Gasteiger partial charge in [-0.2, -0.15) is 0 Å². The quantitative estimate of drug-likeness (QED) is 0.752. The molecule has 4 aliphatic rings. The summed E-state index contributed by atoms with van der Waals surface area (Å²) in [5.41, 5.74) is 0. The maximum absolute atomic E-state index is 13.3. The number of hydrogen-bond acceptors (Lipinski definition) is 6. The molecule has 0 N–H and O–H groups in total. The van der Waals surface area contributed by atoms with Crippen LogP contribution in [0.5, 0.6) is 0 Å². The average molecular weight is 338 g/mol. The van der Waals surface area contributed by atoms with Crippen LogP contribution in [0.1, 0.15) is 45.4 Å². The number of carbonyl (C=O) groups excluding carboxylic acids is 1. The van der Waals surface area contributed by atoms with Gasteiger partial charge in [0.2, 0.25) is 5.16 Å². The Morgan fingerprint density at radius 1 is 1.26 bits per heavy atom. The Balaban J connectivity index is 1.58. The van der Waals surface area contributed by atoms with Crippen LogP contribution < -0.4 is 0 Å². The number of ether oxygens (including phenoxy) is 1.